The Morgan fingerprint density at radius 1 is 0.939 bits per heavy atom. The number of rotatable bonds is 16. The minimum absolute atomic E-state index is 0.196. The standard InChI is InChI=1S/C28H42N2O3/c1-5-6-7-8-9-10-13-20-30(26-14-11-12-19-29-26)21-22-33-25-17-15-24(16-18-25)23-28(2,3)27(31)32-4/h11-12,14-19H,5-10,13,20-23H2,1-4H3. The Morgan fingerprint density at radius 2 is 1.64 bits per heavy atom. The molecule has 0 radical (unpaired) electrons. The molecule has 0 saturated carbocycles. The lowest BCUT2D eigenvalue weighted by molar-refractivity contribution is -0.150. The molecule has 0 spiro atoms. The van der Waals surface area contributed by atoms with Crippen molar-refractivity contribution < 1.29 is 14.3 Å². The number of anilines is 1. The van der Waals surface area contributed by atoms with Crippen LogP contribution in [0.15, 0.2) is 48.7 Å². The number of hydrogen-bond acceptors (Lipinski definition) is 5. The molecule has 0 N–H and O–H groups in total. The van der Waals surface area contributed by atoms with Crippen molar-refractivity contribution in [3.63, 3.8) is 0 Å². The number of carbonyl (C=O) groups excluding carboxylic acids is 1. The quantitative estimate of drug-likeness (QED) is 0.215. The van der Waals surface area contributed by atoms with Gasteiger partial charge in [-0.1, -0.05) is 63.6 Å². The van der Waals surface area contributed by atoms with Crippen LogP contribution in [0.4, 0.5) is 5.82 Å². The lowest BCUT2D eigenvalue weighted by Gasteiger charge is -2.24. The molecule has 5 nitrogen and oxygen atoms in total. The molecule has 0 aliphatic heterocycles. The van der Waals surface area contributed by atoms with E-state index in [1.807, 2.05) is 56.4 Å². The summed E-state index contributed by atoms with van der Waals surface area (Å²) >= 11 is 0. The lowest BCUT2D eigenvalue weighted by atomic mass is 9.86. The van der Waals surface area contributed by atoms with Gasteiger partial charge < -0.3 is 14.4 Å². The molecule has 33 heavy (non-hydrogen) atoms. The second kappa shape index (κ2) is 14.6. The zero-order valence-electron chi connectivity index (χ0n) is 21.0. The Morgan fingerprint density at radius 3 is 2.27 bits per heavy atom. The normalized spacial score (nSPS) is 11.3. The minimum Gasteiger partial charge on any atom is -0.492 e. The van der Waals surface area contributed by atoms with Gasteiger partial charge in [0.2, 0.25) is 0 Å². The lowest BCUT2D eigenvalue weighted by Crippen LogP contribution is -2.30. The Bertz CT molecular complexity index is 791. The van der Waals surface area contributed by atoms with Gasteiger partial charge in [-0.2, -0.15) is 0 Å². The smallest absolute Gasteiger partial charge is 0.311 e. The fourth-order valence-electron chi connectivity index (χ4n) is 3.98. The van der Waals surface area contributed by atoms with Crippen LogP contribution in [-0.4, -0.2) is 37.8 Å². The summed E-state index contributed by atoms with van der Waals surface area (Å²) in [6.45, 7) is 8.45. The maximum atomic E-state index is 11.9. The van der Waals surface area contributed by atoms with Crippen LogP contribution in [0.3, 0.4) is 0 Å². The van der Waals surface area contributed by atoms with E-state index in [9.17, 15) is 4.79 Å². The monoisotopic (exact) mass is 454 g/mol. The SMILES string of the molecule is CCCCCCCCCN(CCOc1ccc(CC(C)(C)C(=O)OC)cc1)c1ccccn1. The molecule has 1 aromatic carbocycles. The summed E-state index contributed by atoms with van der Waals surface area (Å²) in [4.78, 5) is 18.8. The highest BCUT2D eigenvalue weighted by Gasteiger charge is 2.28. The van der Waals surface area contributed by atoms with Crippen molar-refractivity contribution >= 4 is 11.8 Å². The van der Waals surface area contributed by atoms with Gasteiger partial charge in [0.15, 0.2) is 0 Å². The van der Waals surface area contributed by atoms with Crippen molar-refractivity contribution in [2.24, 2.45) is 5.41 Å². The highest BCUT2D eigenvalue weighted by atomic mass is 16.5. The highest BCUT2D eigenvalue weighted by Crippen LogP contribution is 2.25. The maximum absolute atomic E-state index is 11.9. The molecule has 1 heterocycles. The number of benzene rings is 1. The topological polar surface area (TPSA) is 51.7 Å². The molecule has 182 valence electrons. The third-order valence-corrected chi connectivity index (χ3v) is 5.94. The third kappa shape index (κ3) is 9.85. The molecule has 0 saturated heterocycles. The summed E-state index contributed by atoms with van der Waals surface area (Å²) in [7, 11) is 1.43. The predicted molar refractivity (Wildman–Crippen MR) is 136 cm³/mol. The van der Waals surface area contributed by atoms with E-state index < -0.39 is 5.41 Å². The van der Waals surface area contributed by atoms with E-state index in [0.717, 1.165) is 30.2 Å². The minimum atomic E-state index is -0.545. The van der Waals surface area contributed by atoms with E-state index in [-0.39, 0.29) is 5.97 Å². The zero-order chi connectivity index (χ0) is 23.9. The molecule has 0 aliphatic rings. The Kier molecular flexibility index (Phi) is 11.8. The predicted octanol–water partition coefficient (Wildman–Crippen LogP) is 6.46. The van der Waals surface area contributed by atoms with Gasteiger partial charge in [-0.15, -0.1) is 0 Å². The Balaban J connectivity index is 1.81. The van der Waals surface area contributed by atoms with Gasteiger partial charge in [-0.25, -0.2) is 4.98 Å². The van der Waals surface area contributed by atoms with E-state index in [0.29, 0.717) is 13.0 Å². The third-order valence-electron chi connectivity index (χ3n) is 5.94. The molecule has 1 aromatic heterocycles. The number of esters is 1. The summed E-state index contributed by atoms with van der Waals surface area (Å²) in [5.74, 6) is 1.65. The molecule has 2 rings (SSSR count). The fraction of sp³-hybridized carbons (Fsp3) is 0.571. The molecule has 0 unspecified atom stereocenters. The van der Waals surface area contributed by atoms with Crippen LogP contribution in [0, 0.1) is 5.41 Å². The van der Waals surface area contributed by atoms with E-state index in [1.54, 1.807) is 0 Å². The van der Waals surface area contributed by atoms with Gasteiger partial charge in [-0.05, 0) is 56.5 Å². The van der Waals surface area contributed by atoms with Crippen LogP contribution >= 0.6 is 0 Å². The number of aromatic nitrogens is 1. The van der Waals surface area contributed by atoms with Crippen LogP contribution in [0.1, 0.15) is 71.3 Å². The first-order chi connectivity index (χ1) is 16.0. The fourth-order valence-corrected chi connectivity index (χ4v) is 3.98. The maximum Gasteiger partial charge on any atom is 0.311 e. The van der Waals surface area contributed by atoms with Crippen molar-refractivity contribution in [1.29, 1.82) is 0 Å². The molecular weight excluding hydrogens is 412 g/mol. The molecule has 0 bridgehead atoms. The van der Waals surface area contributed by atoms with Gasteiger partial charge in [0.25, 0.3) is 0 Å². The summed E-state index contributed by atoms with van der Waals surface area (Å²) in [5, 5.41) is 0. The second-order valence-corrected chi connectivity index (χ2v) is 9.34. The first-order valence-electron chi connectivity index (χ1n) is 12.4. The largest absolute Gasteiger partial charge is 0.492 e. The van der Waals surface area contributed by atoms with Crippen molar-refractivity contribution in [3.8, 4) is 5.75 Å². The van der Waals surface area contributed by atoms with E-state index >= 15 is 0 Å². The number of unbranched alkanes of at least 4 members (excludes halogenated alkanes) is 6. The van der Waals surface area contributed by atoms with E-state index in [2.05, 4.69) is 22.9 Å². The zero-order valence-corrected chi connectivity index (χ0v) is 21.0. The highest BCUT2D eigenvalue weighted by molar-refractivity contribution is 5.76. The van der Waals surface area contributed by atoms with Gasteiger partial charge in [-0.3, -0.25) is 4.79 Å². The Hall–Kier alpha value is -2.56. The summed E-state index contributed by atoms with van der Waals surface area (Å²) in [6, 6.07) is 14.1. The van der Waals surface area contributed by atoms with Gasteiger partial charge >= 0.3 is 5.97 Å². The first kappa shape index (κ1) is 26.7. The number of methoxy groups -OCH3 is 1. The molecule has 5 heteroatoms. The van der Waals surface area contributed by atoms with E-state index in [1.165, 1.54) is 52.1 Å². The van der Waals surface area contributed by atoms with Gasteiger partial charge in [0.05, 0.1) is 19.1 Å². The summed E-state index contributed by atoms with van der Waals surface area (Å²) in [6.07, 6.45) is 11.6. The Labute approximate surface area is 200 Å². The summed E-state index contributed by atoms with van der Waals surface area (Å²) < 4.78 is 10.9. The van der Waals surface area contributed by atoms with Crippen molar-refractivity contribution in [1.82, 2.24) is 4.98 Å². The van der Waals surface area contributed by atoms with Gasteiger partial charge in [0, 0.05) is 12.7 Å². The second-order valence-electron chi connectivity index (χ2n) is 9.34. The average Bonchev–Trinajstić information content (AvgIpc) is 2.83. The first-order valence-corrected chi connectivity index (χ1v) is 12.4. The van der Waals surface area contributed by atoms with Crippen LogP contribution in [0.2, 0.25) is 0 Å². The van der Waals surface area contributed by atoms with Crippen molar-refractivity contribution in [2.45, 2.75) is 72.1 Å². The van der Waals surface area contributed by atoms with E-state index in [4.69, 9.17) is 9.47 Å². The summed E-state index contributed by atoms with van der Waals surface area (Å²) in [5.41, 5.74) is 0.544. The van der Waals surface area contributed by atoms with Gasteiger partial charge in [0.1, 0.15) is 18.2 Å². The number of ether oxygens (including phenoxy) is 2. The number of carbonyl (C=O) groups is 1. The molecule has 0 aliphatic carbocycles. The molecular formula is C28H42N2O3. The molecule has 0 amide bonds. The average molecular weight is 455 g/mol. The van der Waals surface area contributed by atoms with Crippen molar-refractivity contribution in [2.75, 3.05) is 31.7 Å². The van der Waals surface area contributed by atoms with Crippen LogP contribution in [0.25, 0.3) is 0 Å². The number of pyridine rings is 1. The molecule has 0 fully saturated rings. The van der Waals surface area contributed by atoms with Crippen LogP contribution in [0.5, 0.6) is 5.75 Å². The van der Waals surface area contributed by atoms with Crippen LogP contribution < -0.4 is 9.64 Å². The van der Waals surface area contributed by atoms with Crippen molar-refractivity contribution in [3.05, 3.63) is 54.2 Å². The number of nitrogens with zero attached hydrogens (tertiary/aromatic N) is 2. The van der Waals surface area contributed by atoms with Crippen LogP contribution in [-0.2, 0) is 16.0 Å². The number of hydrogen-bond donors (Lipinski definition) is 0. The molecule has 2 aromatic rings. The molecule has 0 atom stereocenters.